The van der Waals surface area contributed by atoms with Gasteiger partial charge in [-0.3, -0.25) is 4.79 Å². The Morgan fingerprint density at radius 2 is 2.46 bits per heavy atom. The van der Waals surface area contributed by atoms with Crippen molar-refractivity contribution in [1.82, 2.24) is 5.32 Å². The van der Waals surface area contributed by atoms with E-state index in [1.807, 2.05) is 24.4 Å². The molecule has 1 fully saturated rings. The number of thioether (sulfide) groups is 1. The molecule has 1 aliphatic rings. The summed E-state index contributed by atoms with van der Waals surface area (Å²) in [6, 6.07) is 4.33. The molecule has 1 amide bonds. The summed E-state index contributed by atoms with van der Waals surface area (Å²) in [4.78, 5) is 12.7. The molecule has 1 aromatic rings. The lowest BCUT2D eigenvalue weighted by atomic mass is 10.3. The Kier molecular flexibility index (Phi) is 2.60. The van der Waals surface area contributed by atoms with Crippen LogP contribution in [0.1, 0.15) is 17.1 Å². The maximum absolute atomic E-state index is 11.6. The fourth-order valence-electron chi connectivity index (χ4n) is 1.33. The van der Waals surface area contributed by atoms with Gasteiger partial charge in [-0.05, 0) is 18.4 Å². The molecule has 0 radical (unpaired) electrons. The molecule has 1 aromatic heterocycles. The molecule has 2 heterocycles. The molecule has 1 N–H and O–H groups in total. The fraction of sp³-hybridized carbons (Fsp3) is 0.444. The van der Waals surface area contributed by atoms with Gasteiger partial charge < -0.3 is 5.32 Å². The summed E-state index contributed by atoms with van der Waals surface area (Å²) in [5.74, 6) is 1.17. The number of amides is 1. The van der Waals surface area contributed by atoms with Crippen molar-refractivity contribution in [3.63, 3.8) is 0 Å². The molecule has 0 saturated carbocycles. The molecule has 0 aromatic carbocycles. The van der Waals surface area contributed by atoms with Crippen LogP contribution in [0, 0.1) is 0 Å². The van der Waals surface area contributed by atoms with Crippen LogP contribution in [-0.4, -0.2) is 17.7 Å². The van der Waals surface area contributed by atoms with Crippen LogP contribution >= 0.6 is 23.1 Å². The average molecular weight is 213 g/mol. The Labute approximate surface area is 85.7 Å². The molecule has 70 valence electrons. The third-order valence-corrected chi connectivity index (χ3v) is 4.52. The molecule has 2 nitrogen and oxygen atoms in total. The Hall–Kier alpha value is -0.480. The van der Waals surface area contributed by atoms with Gasteiger partial charge in [-0.15, -0.1) is 23.1 Å². The Balaban J connectivity index is 2.13. The predicted molar refractivity (Wildman–Crippen MR) is 57.1 cm³/mol. The fourth-order valence-corrected chi connectivity index (χ4v) is 3.43. The van der Waals surface area contributed by atoms with Crippen LogP contribution in [-0.2, 0) is 4.79 Å². The lowest BCUT2D eigenvalue weighted by molar-refractivity contribution is -0.121. The summed E-state index contributed by atoms with van der Waals surface area (Å²) in [6.07, 6.45) is 0. The standard InChI is InChI=1S/C9H11NOS2/c1-6-5-13-8(9(11)10-6)7-3-2-4-12-7/h2-4,6,8H,5H2,1H3,(H,10,11)/t6-,8+/m0/s1. The minimum atomic E-state index is 0.0243. The van der Waals surface area contributed by atoms with Crippen molar-refractivity contribution in [2.75, 3.05) is 5.75 Å². The van der Waals surface area contributed by atoms with E-state index in [0.29, 0.717) is 6.04 Å². The number of nitrogens with one attached hydrogen (secondary N) is 1. The molecule has 1 saturated heterocycles. The SMILES string of the molecule is C[C@H]1CS[C@H](c2cccs2)C(=O)N1. The van der Waals surface area contributed by atoms with Crippen LogP contribution < -0.4 is 5.32 Å². The van der Waals surface area contributed by atoms with Crippen molar-refractivity contribution in [2.24, 2.45) is 0 Å². The highest BCUT2D eigenvalue weighted by Gasteiger charge is 2.28. The summed E-state index contributed by atoms with van der Waals surface area (Å²) in [6.45, 7) is 2.04. The van der Waals surface area contributed by atoms with Crippen molar-refractivity contribution >= 4 is 29.0 Å². The third-order valence-electron chi connectivity index (χ3n) is 1.94. The molecule has 0 aliphatic carbocycles. The largest absolute Gasteiger partial charge is 0.352 e. The predicted octanol–water partition coefficient (Wildman–Crippen LogP) is 2.04. The van der Waals surface area contributed by atoms with Crippen molar-refractivity contribution in [2.45, 2.75) is 18.2 Å². The molecule has 4 heteroatoms. The van der Waals surface area contributed by atoms with E-state index in [-0.39, 0.29) is 11.2 Å². The molecular formula is C9H11NOS2. The van der Waals surface area contributed by atoms with E-state index >= 15 is 0 Å². The van der Waals surface area contributed by atoms with Crippen LogP contribution in [0.3, 0.4) is 0 Å². The summed E-state index contributed by atoms with van der Waals surface area (Å²) < 4.78 is 0. The van der Waals surface area contributed by atoms with E-state index < -0.39 is 0 Å². The minimum Gasteiger partial charge on any atom is -0.352 e. The van der Waals surface area contributed by atoms with E-state index in [1.165, 1.54) is 0 Å². The lowest BCUT2D eigenvalue weighted by Gasteiger charge is -2.25. The molecule has 0 bridgehead atoms. The van der Waals surface area contributed by atoms with E-state index in [1.54, 1.807) is 23.1 Å². The molecule has 2 rings (SSSR count). The van der Waals surface area contributed by atoms with Gasteiger partial charge in [0.25, 0.3) is 0 Å². The van der Waals surface area contributed by atoms with E-state index in [0.717, 1.165) is 10.6 Å². The Morgan fingerprint density at radius 3 is 3.08 bits per heavy atom. The van der Waals surface area contributed by atoms with E-state index in [9.17, 15) is 4.79 Å². The van der Waals surface area contributed by atoms with Gasteiger partial charge in [0.05, 0.1) is 0 Å². The molecule has 2 atom stereocenters. The van der Waals surface area contributed by atoms with Gasteiger partial charge in [-0.25, -0.2) is 0 Å². The zero-order valence-electron chi connectivity index (χ0n) is 7.32. The number of rotatable bonds is 1. The second kappa shape index (κ2) is 3.72. The Morgan fingerprint density at radius 1 is 1.62 bits per heavy atom. The highest BCUT2D eigenvalue weighted by molar-refractivity contribution is 8.00. The first-order chi connectivity index (χ1) is 6.27. The topological polar surface area (TPSA) is 29.1 Å². The monoisotopic (exact) mass is 213 g/mol. The van der Waals surface area contributed by atoms with Crippen LogP contribution in [0.25, 0.3) is 0 Å². The Bertz CT molecular complexity index is 297. The number of hydrogen-bond donors (Lipinski definition) is 1. The molecule has 0 unspecified atom stereocenters. The van der Waals surface area contributed by atoms with Gasteiger partial charge in [-0.2, -0.15) is 0 Å². The third kappa shape index (κ3) is 1.89. The first-order valence-electron chi connectivity index (χ1n) is 4.23. The molecule has 1 aliphatic heterocycles. The van der Waals surface area contributed by atoms with Crippen molar-refractivity contribution < 1.29 is 4.79 Å². The summed E-state index contributed by atoms with van der Waals surface area (Å²) in [5, 5.41) is 5.00. The number of hydrogen-bond acceptors (Lipinski definition) is 3. The maximum atomic E-state index is 11.6. The van der Waals surface area contributed by atoms with Crippen LogP contribution in [0.15, 0.2) is 17.5 Å². The quantitative estimate of drug-likeness (QED) is 0.773. The van der Waals surface area contributed by atoms with Gasteiger partial charge in [0.15, 0.2) is 0 Å². The van der Waals surface area contributed by atoms with Crippen molar-refractivity contribution in [1.29, 1.82) is 0 Å². The minimum absolute atomic E-state index is 0.0243. The first kappa shape index (κ1) is 9.09. The lowest BCUT2D eigenvalue weighted by Crippen LogP contribution is -2.41. The van der Waals surface area contributed by atoms with Crippen LogP contribution in [0.2, 0.25) is 0 Å². The van der Waals surface area contributed by atoms with Gasteiger partial charge in [0.1, 0.15) is 5.25 Å². The van der Waals surface area contributed by atoms with E-state index in [4.69, 9.17) is 0 Å². The first-order valence-corrected chi connectivity index (χ1v) is 6.15. The smallest absolute Gasteiger partial charge is 0.238 e. The summed E-state index contributed by atoms with van der Waals surface area (Å²) in [7, 11) is 0. The highest BCUT2D eigenvalue weighted by Crippen LogP contribution is 2.34. The number of thiophene rings is 1. The van der Waals surface area contributed by atoms with Gasteiger partial charge >= 0.3 is 0 Å². The molecular weight excluding hydrogens is 202 g/mol. The van der Waals surface area contributed by atoms with E-state index in [2.05, 4.69) is 5.32 Å². The maximum Gasteiger partial charge on any atom is 0.238 e. The highest BCUT2D eigenvalue weighted by atomic mass is 32.2. The summed E-state index contributed by atoms with van der Waals surface area (Å²) >= 11 is 3.39. The van der Waals surface area contributed by atoms with Crippen LogP contribution in [0.5, 0.6) is 0 Å². The van der Waals surface area contributed by atoms with Gasteiger partial charge in [-0.1, -0.05) is 6.07 Å². The van der Waals surface area contributed by atoms with Crippen molar-refractivity contribution in [3.8, 4) is 0 Å². The second-order valence-electron chi connectivity index (χ2n) is 3.14. The number of carbonyl (C=O) groups excluding carboxylic acids is 1. The zero-order chi connectivity index (χ0) is 9.26. The van der Waals surface area contributed by atoms with Gasteiger partial charge in [0.2, 0.25) is 5.91 Å². The van der Waals surface area contributed by atoms with Crippen molar-refractivity contribution in [3.05, 3.63) is 22.4 Å². The summed E-state index contributed by atoms with van der Waals surface area (Å²) in [5.41, 5.74) is 0. The molecule has 0 spiro atoms. The second-order valence-corrected chi connectivity index (χ2v) is 5.26. The zero-order valence-corrected chi connectivity index (χ0v) is 8.95. The number of carbonyl (C=O) groups is 1. The van der Waals surface area contributed by atoms with Crippen LogP contribution in [0.4, 0.5) is 0 Å². The normalized spacial score (nSPS) is 28.5. The van der Waals surface area contributed by atoms with Gasteiger partial charge in [0, 0.05) is 16.7 Å². The molecule has 13 heavy (non-hydrogen) atoms. The average Bonchev–Trinajstić information content (AvgIpc) is 2.56.